The smallest absolute Gasteiger partial charge is 0.328 e. The number of aliphatic imine (C=N–C) groups is 1. The molecule has 34 heavy (non-hydrogen) atoms. The van der Waals surface area contributed by atoms with Crippen LogP contribution >= 0.6 is 0 Å². The van der Waals surface area contributed by atoms with Gasteiger partial charge in [0.15, 0.2) is 5.96 Å². The lowest BCUT2D eigenvalue weighted by Gasteiger charge is -2.25. The van der Waals surface area contributed by atoms with Crippen LogP contribution in [0.2, 0.25) is 0 Å². The Bertz CT molecular complexity index is 756. The van der Waals surface area contributed by atoms with Gasteiger partial charge in [0.05, 0.1) is 12.7 Å². The number of nitrogens with one attached hydrogen (secondary N) is 3. The summed E-state index contributed by atoms with van der Waals surface area (Å²) in [5.41, 5.74) is 16.0. The number of aliphatic hydroxyl groups excluding tert-OH is 2. The molecule has 13 N–H and O–H groups in total. The van der Waals surface area contributed by atoms with E-state index in [0.717, 1.165) is 0 Å². The number of hydrogen-bond donors (Lipinski definition) is 10. The SMILES string of the molecule is CC(O)C(N)C(=O)NC(CCCN=C(N)N)C(=O)NC(CCC(=O)O)C(=O)NC(CO)C(=O)O. The number of aliphatic hydroxyl groups is 2. The molecule has 0 aromatic carbocycles. The van der Waals surface area contributed by atoms with Gasteiger partial charge in [0.25, 0.3) is 0 Å². The number of aliphatic carboxylic acids is 2. The third-order valence-corrected chi connectivity index (χ3v) is 4.48. The molecule has 0 rings (SSSR count). The Labute approximate surface area is 194 Å². The van der Waals surface area contributed by atoms with Gasteiger partial charge < -0.3 is 53.6 Å². The summed E-state index contributed by atoms with van der Waals surface area (Å²) in [5.74, 6) is -5.84. The van der Waals surface area contributed by atoms with Crippen molar-refractivity contribution in [2.24, 2.45) is 22.2 Å². The topological polar surface area (TPSA) is 293 Å². The van der Waals surface area contributed by atoms with Crippen LogP contribution < -0.4 is 33.2 Å². The van der Waals surface area contributed by atoms with Gasteiger partial charge in [0.1, 0.15) is 24.2 Å². The predicted octanol–water partition coefficient (Wildman–Crippen LogP) is -4.86. The van der Waals surface area contributed by atoms with Gasteiger partial charge in [-0.15, -0.1) is 0 Å². The second kappa shape index (κ2) is 15.4. The standard InChI is InChI=1S/C18H33N7O9/c1-8(27)13(19)16(32)24-9(3-2-6-22-18(20)21)14(30)23-10(4-5-12(28)29)15(31)25-11(7-26)17(33)34/h8-11,13,26-27H,2-7,19H2,1H3,(H,23,30)(H,24,32)(H,25,31)(H,28,29)(H,33,34)(H4,20,21,22). The number of carbonyl (C=O) groups excluding carboxylic acids is 3. The fourth-order valence-electron chi connectivity index (χ4n) is 2.53. The highest BCUT2D eigenvalue weighted by molar-refractivity contribution is 5.94. The molecule has 0 bridgehead atoms. The van der Waals surface area contributed by atoms with Crippen LogP contribution in [0.1, 0.15) is 32.6 Å². The number of hydrogen-bond acceptors (Lipinski definition) is 9. The highest BCUT2D eigenvalue weighted by Crippen LogP contribution is 2.05. The predicted molar refractivity (Wildman–Crippen MR) is 117 cm³/mol. The third kappa shape index (κ3) is 11.9. The molecule has 0 saturated carbocycles. The second-order valence-corrected chi connectivity index (χ2v) is 7.35. The second-order valence-electron chi connectivity index (χ2n) is 7.35. The number of amides is 3. The van der Waals surface area contributed by atoms with E-state index in [2.05, 4.69) is 15.6 Å². The summed E-state index contributed by atoms with van der Waals surface area (Å²) in [6, 6.07) is -5.82. The van der Waals surface area contributed by atoms with E-state index in [-0.39, 0.29) is 25.3 Å². The molecule has 0 heterocycles. The molecule has 194 valence electrons. The number of nitrogens with zero attached hydrogens (tertiary/aromatic N) is 1. The first kappa shape index (κ1) is 30.5. The number of carboxylic acids is 2. The molecule has 16 nitrogen and oxygen atoms in total. The summed E-state index contributed by atoms with van der Waals surface area (Å²) >= 11 is 0. The molecule has 0 aromatic rings. The van der Waals surface area contributed by atoms with E-state index >= 15 is 0 Å². The van der Waals surface area contributed by atoms with Gasteiger partial charge in [0, 0.05) is 13.0 Å². The van der Waals surface area contributed by atoms with E-state index in [9.17, 15) is 29.1 Å². The highest BCUT2D eigenvalue weighted by Gasteiger charge is 2.31. The Hall–Kier alpha value is -3.50. The van der Waals surface area contributed by atoms with E-state index in [1.54, 1.807) is 0 Å². The van der Waals surface area contributed by atoms with E-state index in [4.69, 9.17) is 32.5 Å². The molecule has 5 atom stereocenters. The minimum Gasteiger partial charge on any atom is -0.481 e. The van der Waals surface area contributed by atoms with Crippen molar-refractivity contribution in [3.05, 3.63) is 0 Å². The molecule has 0 fully saturated rings. The zero-order valence-electron chi connectivity index (χ0n) is 18.6. The first-order chi connectivity index (χ1) is 15.8. The summed E-state index contributed by atoms with van der Waals surface area (Å²) in [6.45, 7) is 0.426. The van der Waals surface area contributed by atoms with Crippen molar-refractivity contribution in [1.82, 2.24) is 16.0 Å². The fraction of sp³-hybridized carbons (Fsp3) is 0.667. The number of carbonyl (C=O) groups is 5. The summed E-state index contributed by atoms with van der Waals surface area (Å²) in [7, 11) is 0. The molecule has 0 radical (unpaired) electrons. The van der Waals surface area contributed by atoms with E-state index < -0.39 is 79.4 Å². The van der Waals surface area contributed by atoms with Crippen LogP contribution in [0, 0.1) is 0 Å². The van der Waals surface area contributed by atoms with Crippen LogP contribution in [-0.2, 0) is 24.0 Å². The van der Waals surface area contributed by atoms with Crippen LogP contribution in [0.25, 0.3) is 0 Å². The zero-order chi connectivity index (χ0) is 26.4. The first-order valence-electron chi connectivity index (χ1n) is 10.3. The summed E-state index contributed by atoms with van der Waals surface area (Å²) < 4.78 is 0. The van der Waals surface area contributed by atoms with E-state index in [1.807, 2.05) is 5.32 Å². The van der Waals surface area contributed by atoms with Crippen LogP contribution in [0.5, 0.6) is 0 Å². The van der Waals surface area contributed by atoms with Gasteiger partial charge in [-0.3, -0.25) is 24.2 Å². The van der Waals surface area contributed by atoms with Gasteiger partial charge in [-0.1, -0.05) is 0 Å². The van der Waals surface area contributed by atoms with Crippen molar-refractivity contribution in [1.29, 1.82) is 0 Å². The lowest BCUT2D eigenvalue weighted by molar-refractivity contribution is -0.144. The van der Waals surface area contributed by atoms with Crippen LogP contribution in [0.3, 0.4) is 0 Å². The van der Waals surface area contributed by atoms with Crippen molar-refractivity contribution in [2.75, 3.05) is 13.2 Å². The van der Waals surface area contributed by atoms with Gasteiger partial charge >= 0.3 is 11.9 Å². The van der Waals surface area contributed by atoms with Gasteiger partial charge in [-0.05, 0) is 26.2 Å². The quantitative estimate of drug-likeness (QED) is 0.0552. The molecule has 0 aliphatic heterocycles. The Balaban J connectivity index is 5.58. The Morgan fingerprint density at radius 3 is 1.82 bits per heavy atom. The maximum Gasteiger partial charge on any atom is 0.328 e. The molecular weight excluding hydrogens is 458 g/mol. The first-order valence-corrected chi connectivity index (χ1v) is 10.3. The maximum atomic E-state index is 12.8. The Morgan fingerprint density at radius 2 is 1.38 bits per heavy atom. The maximum absolute atomic E-state index is 12.8. The largest absolute Gasteiger partial charge is 0.481 e. The Morgan fingerprint density at radius 1 is 0.882 bits per heavy atom. The van der Waals surface area contributed by atoms with Gasteiger partial charge in [0.2, 0.25) is 17.7 Å². The number of rotatable bonds is 16. The molecule has 0 saturated heterocycles. The van der Waals surface area contributed by atoms with Crippen molar-refractivity contribution >= 4 is 35.6 Å². The molecule has 0 aromatic heterocycles. The lowest BCUT2D eigenvalue weighted by atomic mass is 10.1. The minimum absolute atomic E-state index is 0.0253. The molecule has 0 aliphatic rings. The molecule has 3 amide bonds. The van der Waals surface area contributed by atoms with Crippen LogP contribution in [0.15, 0.2) is 4.99 Å². The number of guanidine groups is 1. The molecule has 0 spiro atoms. The highest BCUT2D eigenvalue weighted by atomic mass is 16.4. The molecule has 0 aliphatic carbocycles. The normalized spacial score (nSPS) is 15.1. The monoisotopic (exact) mass is 491 g/mol. The average molecular weight is 492 g/mol. The number of nitrogens with two attached hydrogens (primary N) is 3. The molecular formula is C18H33N7O9. The van der Waals surface area contributed by atoms with Crippen molar-refractivity contribution in [3.8, 4) is 0 Å². The van der Waals surface area contributed by atoms with Crippen molar-refractivity contribution in [2.45, 2.75) is 62.9 Å². The summed E-state index contributed by atoms with van der Waals surface area (Å²) in [4.78, 5) is 63.3. The van der Waals surface area contributed by atoms with E-state index in [1.165, 1.54) is 6.92 Å². The minimum atomic E-state index is -1.68. The average Bonchev–Trinajstić information content (AvgIpc) is 2.75. The van der Waals surface area contributed by atoms with Gasteiger partial charge in [-0.2, -0.15) is 0 Å². The fourth-order valence-corrected chi connectivity index (χ4v) is 2.53. The lowest BCUT2D eigenvalue weighted by Crippen LogP contribution is -2.58. The van der Waals surface area contributed by atoms with Crippen molar-refractivity contribution in [3.63, 3.8) is 0 Å². The zero-order valence-corrected chi connectivity index (χ0v) is 18.6. The Kier molecular flexibility index (Phi) is 13.8. The third-order valence-electron chi connectivity index (χ3n) is 4.48. The summed E-state index contributed by atoms with van der Waals surface area (Å²) in [6.07, 6.45) is -2.01. The van der Waals surface area contributed by atoms with Crippen LogP contribution in [-0.4, -0.2) is 99.5 Å². The summed E-state index contributed by atoms with van der Waals surface area (Å²) in [5, 5.41) is 43.1. The van der Waals surface area contributed by atoms with E-state index in [0.29, 0.717) is 0 Å². The number of carboxylic acid groups (broad SMARTS) is 2. The molecule has 5 unspecified atom stereocenters. The molecule has 16 heteroatoms. The van der Waals surface area contributed by atoms with Gasteiger partial charge in [-0.25, -0.2) is 4.79 Å². The van der Waals surface area contributed by atoms with Crippen LogP contribution in [0.4, 0.5) is 0 Å². The van der Waals surface area contributed by atoms with Crippen molar-refractivity contribution < 1.29 is 44.4 Å².